The van der Waals surface area contributed by atoms with E-state index in [0.29, 0.717) is 6.42 Å². The fourth-order valence-electron chi connectivity index (χ4n) is 2.89. The van der Waals surface area contributed by atoms with Crippen LogP contribution in [-0.4, -0.2) is 27.3 Å². The highest BCUT2D eigenvalue weighted by atomic mass is 16.4. The van der Waals surface area contributed by atoms with Gasteiger partial charge in [0.15, 0.2) is 0 Å². The summed E-state index contributed by atoms with van der Waals surface area (Å²) in [6.07, 6.45) is 5.12. The van der Waals surface area contributed by atoms with Crippen LogP contribution in [0.25, 0.3) is 10.9 Å². The number of anilines is 1. The molecule has 5 nitrogen and oxygen atoms in total. The van der Waals surface area contributed by atoms with Crippen LogP contribution in [0.1, 0.15) is 25.7 Å². The van der Waals surface area contributed by atoms with Gasteiger partial charge in [-0.05, 0) is 25.3 Å². The lowest BCUT2D eigenvalue weighted by molar-refractivity contribution is -0.142. The molecule has 1 aliphatic carbocycles. The first-order valence-electron chi connectivity index (χ1n) is 6.94. The highest BCUT2D eigenvalue weighted by Crippen LogP contribution is 2.28. The largest absolute Gasteiger partial charge is 0.481 e. The summed E-state index contributed by atoms with van der Waals surface area (Å²) in [5, 5.41) is 21.7. The zero-order chi connectivity index (χ0) is 13.9. The average molecular weight is 271 g/mol. The van der Waals surface area contributed by atoms with Crippen molar-refractivity contribution in [1.82, 2.24) is 10.2 Å². The van der Waals surface area contributed by atoms with Gasteiger partial charge in [0.1, 0.15) is 0 Å². The molecule has 1 aromatic carbocycles. The lowest BCUT2D eigenvalue weighted by Crippen LogP contribution is -2.31. The second-order valence-electron chi connectivity index (χ2n) is 5.32. The van der Waals surface area contributed by atoms with Crippen molar-refractivity contribution < 1.29 is 9.90 Å². The van der Waals surface area contributed by atoms with E-state index >= 15 is 0 Å². The Kier molecular flexibility index (Phi) is 3.50. The van der Waals surface area contributed by atoms with Crippen molar-refractivity contribution >= 4 is 22.6 Å². The van der Waals surface area contributed by atoms with Crippen LogP contribution in [0.4, 0.5) is 5.69 Å². The smallest absolute Gasteiger partial charge is 0.306 e. The third-order valence-electron chi connectivity index (χ3n) is 3.93. The second kappa shape index (κ2) is 5.45. The van der Waals surface area contributed by atoms with E-state index in [1.54, 1.807) is 6.20 Å². The molecule has 5 heteroatoms. The van der Waals surface area contributed by atoms with Crippen molar-refractivity contribution in [3.05, 3.63) is 30.5 Å². The van der Waals surface area contributed by atoms with Crippen molar-refractivity contribution in [2.75, 3.05) is 5.32 Å². The Morgan fingerprint density at radius 3 is 3.00 bits per heavy atom. The summed E-state index contributed by atoms with van der Waals surface area (Å²) in [5.41, 5.74) is 1.79. The molecule has 2 atom stereocenters. The molecule has 0 radical (unpaired) electrons. The Balaban J connectivity index is 1.81. The van der Waals surface area contributed by atoms with Crippen LogP contribution in [0, 0.1) is 5.92 Å². The van der Waals surface area contributed by atoms with Crippen LogP contribution in [0.5, 0.6) is 0 Å². The molecule has 2 N–H and O–H groups in total. The Bertz CT molecular complexity index is 624. The molecule has 1 aromatic heterocycles. The number of carboxylic acid groups (broad SMARTS) is 1. The molecule has 20 heavy (non-hydrogen) atoms. The van der Waals surface area contributed by atoms with Crippen molar-refractivity contribution in [1.29, 1.82) is 0 Å². The molecule has 1 fully saturated rings. The van der Waals surface area contributed by atoms with Crippen LogP contribution >= 0.6 is 0 Å². The van der Waals surface area contributed by atoms with Gasteiger partial charge in [0.2, 0.25) is 0 Å². The zero-order valence-corrected chi connectivity index (χ0v) is 11.1. The number of rotatable bonds is 3. The molecule has 0 saturated heterocycles. The topological polar surface area (TPSA) is 75.1 Å². The monoisotopic (exact) mass is 271 g/mol. The predicted molar refractivity (Wildman–Crippen MR) is 76.5 cm³/mol. The first-order valence-corrected chi connectivity index (χ1v) is 6.94. The molecular weight excluding hydrogens is 254 g/mol. The number of hydrogen-bond donors (Lipinski definition) is 2. The Hall–Kier alpha value is -2.17. The maximum atomic E-state index is 11.1. The van der Waals surface area contributed by atoms with E-state index < -0.39 is 5.97 Å². The minimum atomic E-state index is -0.686. The van der Waals surface area contributed by atoms with Gasteiger partial charge in [0.05, 0.1) is 23.3 Å². The van der Waals surface area contributed by atoms with Gasteiger partial charge < -0.3 is 10.4 Å². The van der Waals surface area contributed by atoms with Crippen molar-refractivity contribution in [2.24, 2.45) is 5.92 Å². The summed E-state index contributed by atoms with van der Waals surface area (Å²) < 4.78 is 0. The van der Waals surface area contributed by atoms with E-state index in [1.165, 1.54) is 0 Å². The fourth-order valence-corrected chi connectivity index (χ4v) is 2.89. The van der Waals surface area contributed by atoms with Gasteiger partial charge in [-0.3, -0.25) is 4.79 Å². The Morgan fingerprint density at radius 2 is 2.15 bits per heavy atom. The van der Waals surface area contributed by atoms with Crippen molar-refractivity contribution in [3.63, 3.8) is 0 Å². The van der Waals surface area contributed by atoms with Gasteiger partial charge in [-0.2, -0.15) is 10.2 Å². The molecule has 1 saturated carbocycles. The molecule has 2 aromatic rings. The fraction of sp³-hybridized carbons (Fsp3) is 0.400. The first-order chi connectivity index (χ1) is 9.74. The summed E-state index contributed by atoms with van der Waals surface area (Å²) in [7, 11) is 0. The van der Waals surface area contributed by atoms with Gasteiger partial charge in [0.25, 0.3) is 0 Å². The van der Waals surface area contributed by atoms with Gasteiger partial charge in [-0.25, -0.2) is 0 Å². The summed E-state index contributed by atoms with van der Waals surface area (Å²) in [6.45, 7) is 0. The van der Waals surface area contributed by atoms with Gasteiger partial charge in [-0.1, -0.05) is 24.6 Å². The lowest BCUT2D eigenvalue weighted by Gasteiger charge is -2.28. The summed E-state index contributed by atoms with van der Waals surface area (Å²) >= 11 is 0. The second-order valence-corrected chi connectivity index (χ2v) is 5.32. The lowest BCUT2D eigenvalue weighted by atomic mass is 9.85. The normalized spacial score (nSPS) is 22.6. The quantitative estimate of drug-likeness (QED) is 0.897. The van der Waals surface area contributed by atoms with Crippen molar-refractivity contribution in [3.8, 4) is 0 Å². The number of nitrogens with zero attached hydrogens (tertiary/aromatic N) is 2. The molecule has 0 spiro atoms. The van der Waals surface area contributed by atoms with Gasteiger partial charge >= 0.3 is 5.97 Å². The van der Waals surface area contributed by atoms with Crippen molar-refractivity contribution in [2.45, 2.75) is 31.7 Å². The molecule has 0 bridgehead atoms. The predicted octanol–water partition coefficient (Wildman–Crippen LogP) is 2.69. The molecule has 0 aliphatic heterocycles. The third-order valence-corrected chi connectivity index (χ3v) is 3.93. The van der Waals surface area contributed by atoms with Crippen LogP contribution in [0.2, 0.25) is 0 Å². The number of fused-ring (bicyclic) bond motifs is 1. The maximum absolute atomic E-state index is 11.1. The van der Waals surface area contributed by atoms with E-state index in [2.05, 4.69) is 15.5 Å². The number of benzene rings is 1. The summed E-state index contributed by atoms with van der Waals surface area (Å²) in [4.78, 5) is 11.1. The van der Waals surface area contributed by atoms with E-state index in [0.717, 1.165) is 35.9 Å². The summed E-state index contributed by atoms with van der Waals surface area (Å²) in [6, 6.07) is 8.02. The van der Waals surface area contributed by atoms with Crippen LogP contribution in [0.3, 0.4) is 0 Å². The zero-order valence-electron chi connectivity index (χ0n) is 11.1. The molecule has 0 amide bonds. The third kappa shape index (κ3) is 2.57. The van der Waals surface area contributed by atoms with E-state index in [9.17, 15) is 4.79 Å². The van der Waals surface area contributed by atoms with E-state index in [-0.39, 0.29) is 12.0 Å². The molecule has 2 unspecified atom stereocenters. The molecule has 104 valence electrons. The highest BCUT2D eigenvalue weighted by molar-refractivity contribution is 5.90. The number of carboxylic acids is 1. The van der Waals surface area contributed by atoms with E-state index in [1.807, 2.05) is 24.3 Å². The average Bonchev–Trinajstić information content (AvgIpc) is 2.48. The Morgan fingerprint density at radius 1 is 1.30 bits per heavy atom. The Labute approximate surface area is 117 Å². The minimum absolute atomic E-state index is 0.192. The number of aromatic nitrogens is 2. The molecular formula is C15H17N3O2. The van der Waals surface area contributed by atoms with Gasteiger partial charge in [0, 0.05) is 11.4 Å². The van der Waals surface area contributed by atoms with E-state index in [4.69, 9.17) is 5.11 Å². The molecule has 1 aliphatic rings. The van der Waals surface area contributed by atoms with Crippen LogP contribution in [-0.2, 0) is 4.79 Å². The first kappa shape index (κ1) is 12.8. The number of carbonyl (C=O) groups is 1. The SMILES string of the molecule is O=C(O)C1CCCC(Nc2cnnc3ccccc23)C1. The maximum Gasteiger partial charge on any atom is 0.306 e. The molecule has 3 rings (SSSR count). The molecule has 1 heterocycles. The standard InChI is InChI=1S/C15H17N3O2/c19-15(20)10-4-3-5-11(8-10)17-14-9-16-18-13-7-2-1-6-12(13)14/h1-2,6-7,9-11H,3-5,8H2,(H,17,18)(H,19,20). The summed E-state index contributed by atoms with van der Waals surface area (Å²) in [5.74, 6) is -0.920. The van der Waals surface area contributed by atoms with Crippen LogP contribution in [0.15, 0.2) is 30.5 Å². The minimum Gasteiger partial charge on any atom is -0.481 e. The highest BCUT2D eigenvalue weighted by Gasteiger charge is 2.27. The van der Waals surface area contributed by atoms with Crippen LogP contribution < -0.4 is 5.32 Å². The van der Waals surface area contributed by atoms with Gasteiger partial charge in [-0.15, -0.1) is 0 Å². The number of nitrogens with one attached hydrogen (secondary N) is 1. The number of aliphatic carboxylic acids is 1. The number of hydrogen-bond acceptors (Lipinski definition) is 4.